The number of hydrogen-bond donors (Lipinski definition) is 2. The highest BCUT2D eigenvalue weighted by atomic mass is 35.5. The zero-order valence-electron chi connectivity index (χ0n) is 14.6. The van der Waals surface area contributed by atoms with E-state index < -0.39 is 0 Å². The van der Waals surface area contributed by atoms with Crippen molar-refractivity contribution in [1.29, 1.82) is 0 Å². The summed E-state index contributed by atoms with van der Waals surface area (Å²) in [5.74, 6) is 1.15. The lowest BCUT2D eigenvalue weighted by molar-refractivity contribution is -0.121. The highest BCUT2D eigenvalue weighted by molar-refractivity contribution is 5.94. The third-order valence-electron chi connectivity index (χ3n) is 4.83. The van der Waals surface area contributed by atoms with Gasteiger partial charge in [0.2, 0.25) is 5.91 Å². The van der Waals surface area contributed by atoms with Crippen LogP contribution in [0.15, 0.2) is 52.9 Å². The monoisotopic (exact) mass is 371 g/mol. The average Bonchev–Trinajstić information content (AvgIpc) is 2.95. The second kappa shape index (κ2) is 7.89. The van der Waals surface area contributed by atoms with Gasteiger partial charge in [0.05, 0.1) is 0 Å². The van der Waals surface area contributed by atoms with Gasteiger partial charge in [0.25, 0.3) is 0 Å². The minimum absolute atomic E-state index is 0. The summed E-state index contributed by atoms with van der Waals surface area (Å²) in [5, 5.41) is 6.19. The predicted molar refractivity (Wildman–Crippen MR) is 105 cm³/mol. The molecule has 4 rings (SSSR count). The molecule has 6 heteroatoms. The number of benzene rings is 2. The fourth-order valence-electron chi connectivity index (χ4n) is 3.03. The molecule has 1 unspecified atom stereocenters. The molecule has 1 atom stereocenters. The van der Waals surface area contributed by atoms with Gasteiger partial charge in [-0.05, 0) is 36.7 Å². The van der Waals surface area contributed by atoms with Crippen LogP contribution in [0.4, 0.5) is 5.69 Å². The zero-order chi connectivity index (χ0) is 17.2. The first-order chi connectivity index (χ1) is 12.2. The van der Waals surface area contributed by atoms with E-state index >= 15 is 0 Å². The van der Waals surface area contributed by atoms with Gasteiger partial charge in [-0.1, -0.05) is 37.3 Å². The van der Waals surface area contributed by atoms with Crippen LogP contribution in [0, 0.1) is 11.8 Å². The van der Waals surface area contributed by atoms with Crippen LogP contribution >= 0.6 is 12.4 Å². The van der Waals surface area contributed by atoms with Gasteiger partial charge in [-0.15, -0.1) is 12.4 Å². The Hall–Kier alpha value is -2.37. The molecule has 0 bridgehead atoms. The summed E-state index contributed by atoms with van der Waals surface area (Å²) in [6, 6.07) is 15.7. The van der Waals surface area contributed by atoms with Gasteiger partial charge >= 0.3 is 0 Å². The molecule has 26 heavy (non-hydrogen) atoms. The van der Waals surface area contributed by atoms with Crippen LogP contribution < -0.4 is 10.6 Å². The largest absolute Gasteiger partial charge is 0.440 e. The van der Waals surface area contributed by atoms with Crippen molar-refractivity contribution in [1.82, 2.24) is 10.3 Å². The van der Waals surface area contributed by atoms with Crippen molar-refractivity contribution >= 4 is 35.1 Å². The van der Waals surface area contributed by atoms with E-state index in [1.54, 1.807) is 0 Å². The smallest absolute Gasteiger partial charge is 0.227 e. The fraction of sp³-hybridized carbons (Fsp3) is 0.300. The Kier molecular flexibility index (Phi) is 5.59. The van der Waals surface area contributed by atoms with Gasteiger partial charge < -0.3 is 15.1 Å². The van der Waals surface area contributed by atoms with Crippen molar-refractivity contribution in [3.8, 4) is 0 Å². The molecule has 0 spiro atoms. The first-order valence-corrected chi connectivity index (χ1v) is 8.64. The van der Waals surface area contributed by atoms with E-state index in [1.165, 1.54) is 0 Å². The molecule has 1 aliphatic heterocycles. The Labute approximate surface area is 158 Å². The number of halogens is 1. The average molecular weight is 372 g/mol. The summed E-state index contributed by atoms with van der Waals surface area (Å²) in [4.78, 5) is 16.9. The number of fused-ring (bicyclic) bond motifs is 1. The number of nitrogens with zero attached hydrogens (tertiary/aromatic N) is 1. The molecule has 1 amide bonds. The molecular weight excluding hydrogens is 350 g/mol. The summed E-state index contributed by atoms with van der Waals surface area (Å²) in [7, 11) is 0. The molecule has 1 saturated heterocycles. The maximum Gasteiger partial charge on any atom is 0.227 e. The SMILES string of the molecule is CC(C(=O)Nc1ccc2nc(Cc3ccccc3)oc2c1)C1CNC1.Cl. The number of oxazole rings is 1. The lowest BCUT2D eigenvalue weighted by Gasteiger charge is -2.31. The van der Waals surface area contributed by atoms with Crippen molar-refractivity contribution in [2.75, 3.05) is 18.4 Å². The number of amides is 1. The number of hydrogen-bond acceptors (Lipinski definition) is 4. The Morgan fingerprint density at radius 1 is 1.27 bits per heavy atom. The van der Waals surface area contributed by atoms with Crippen molar-refractivity contribution in [3.63, 3.8) is 0 Å². The second-order valence-electron chi connectivity index (χ2n) is 6.65. The van der Waals surface area contributed by atoms with E-state index in [2.05, 4.69) is 27.8 Å². The molecule has 1 aromatic heterocycles. The van der Waals surface area contributed by atoms with Crippen molar-refractivity contribution in [3.05, 3.63) is 60.0 Å². The summed E-state index contributed by atoms with van der Waals surface area (Å²) < 4.78 is 5.86. The quantitative estimate of drug-likeness (QED) is 0.718. The third-order valence-corrected chi connectivity index (χ3v) is 4.83. The maximum atomic E-state index is 12.3. The molecule has 0 radical (unpaired) electrons. The fourth-order valence-corrected chi connectivity index (χ4v) is 3.03. The van der Waals surface area contributed by atoms with Gasteiger partial charge in [-0.25, -0.2) is 4.98 Å². The van der Waals surface area contributed by atoms with Gasteiger partial charge in [-0.3, -0.25) is 4.79 Å². The third kappa shape index (κ3) is 3.89. The van der Waals surface area contributed by atoms with Crippen LogP contribution in [-0.2, 0) is 11.2 Å². The number of carbonyl (C=O) groups is 1. The number of anilines is 1. The first kappa shape index (κ1) is 18.4. The second-order valence-corrected chi connectivity index (χ2v) is 6.65. The molecule has 0 saturated carbocycles. The van der Waals surface area contributed by atoms with E-state index in [9.17, 15) is 4.79 Å². The van der Waals surface area contributed by atoms with Gasteiger partial charge in [-0.2, -0.15) is 0 Å². The molecule has 1 fully saturated rings. The minimum Gasteiger partial charge on any atom is -0.440 e. The summed E-state index contributed by atoms with van der Waals surface area (Å²) in [6.45, 7) is 3.81. The maximum absolute atomic E-state index is 12.3. The van der Waals surface area contributed by atoms with Crippen LogP contribution in [0.25, 0.3) is 11.1 Å². The van der Waals surface area contributed by atoms with E-state index in [0.29, 0.717) is 23.8 Å². The molecule has 2 aromatic carbocycles. The van der Waals surface area contributed by atoms with E-state index in [-0.39, 0.29) is 24.2 Å². The molecular formula is C20H22ClN3O2. The van der Waals surface area contributed by atoms with Crippen molar-refractivity contribution in [2.45, 2.75) is 13.3 Å². The molecule has 1 aliphatic rings. The lowest BCUT2D eigenvalue weighted by atomic mass is 9.88. The zero-order valence-corrected chi connectivity index (χ0v) is 15.4. The standard InChI is InChI=1S/C20H21N3O2.ClH/c1-13(15-11-21-12-15)20(24)22-16-7-8-17-18(10-16)25-19(23-17)9-14-5-3-2-4-6-14;/h2-8,10,13,15,21H,9,11-12H2,1H3,(H,22,24);1H. The Morgan fingerprint density at radius 2 is 2.04 bits per heavy atom. The number of rotatable bonds is 5. The van der Waals surface area contributed by atoms with Crippen LogP contribution in [0.5, 0.6) is 0 Å². The Bertz CT molecular complexity index is 890. The predicted octanol–water partition coefficient (Wildman–Crippen LogP) is 3.63. The highest BCUT2D eigenvalue weighted by Crippen LogP contribution is 2.23. The highest BCUT2D eigenvalue weighted by Gasteiger charge is 2.28. The molecule has 2 heterocycles. The summed E-state index contributed by atoms with van der Waals surface area (Å²) in [6.07, 6.45) is 0.656. The van der Waals surface area contributed by atoms with Crippen molar-refractivity contribution < 1.29 is 9.21 Å². The number of carbonyl (C=O) groups excluding carboxylic acids is 1. The minimum atomic E-state index is 0. The van der Waals surface area contributed by atoms with E-state index in [1.807, 2.05) is 43.3 Å². The number of nitrogens with one attached hydrogen (secondary N) is 2. The van der Waals surface area contributed by atoms with E-state index in [4.69, 9.17) is 4.42 Å². The summed E-state index contributed by atoms with van der Waals surface area (Å²) >= 11 is 0. The Balaban J connectivity index is 0.00000196. The molecule has 3 aromatic rings. The number of aromatic nitrogens is 1. The first-order valence-electron chi connectivity index (χ1n) is 8.64. The van der Waals surface area contributed by atoms with Crippen LogP contribution in [0.1, 0.15) is 18.4 Å². The summed E-state index contributed by atoms with van der Waals surface area (Å²) in [5.41, 5.74) is 3.41. The molecule has 0 aliphatic carbocycles. The van der Waals surface area contributed by atoms with Crippen LogP contribution in [0.2, 0.25) is 0 Å². The van der Waals surface area contributed by atoms with Gasteiger partial charge in [0.15, 0.2) is 11.5 Å². The van der Waals surface area contributed by atoms with Gasteiger partial charge in [0, 0.05) is 24.1 Å². The Morgan fingerprint density at radius 3 is 2.73 bits per heavy atom. The van der Waals surface area contributed by atoms with E-state index in [0.717, 1.165) is 29.9 Å². The molecule has 136 valence electrons. The normalized spacial score (nSPS) is 15.1. The van der Waals surface area contributed by atoms with Gasteiger partial charge in [0.1, 0.15) is 5.52 Å². The van der Waals surface area contributed by atoms with Crippen LogP contribution in [-0.4, -0.2) is 24.0 Å². The molecule has 5 nitrogen and oxygen atoms in total. The van der Waals surface area contributed by atoms with Crippen molar-refractivity contribution in [2.24, 2.45) is 11.8 Å². The van der Waals surface area contributed by atoms with Crippen LogP contribution in [0.3, 0.4) is 0 Å². The topological polar surface area (TPSA) is 67.2 Å². The lowest BCUT2D eigenvalue weighted by Crippen LogP contribution is -2.48. The molecule has 2 N–H and O–H groups in total.